The molecule has 0 amide bonds. The first kappa shape index (κ1) is 15.6. The van der Waals surface area contributed by atoms with Crippen LogP contribution in [0.25, 0.3) is 0 Å². The Morgan fingerprint density at radius 2 is 1.56 bits per heavy atom. The number of aliphatic hydroxyl groups excluding tert-OH is 1. The van der Waals surface area contributed by atoms with Crippen LogP contribution in [0.2, 0.25) is 0 Å². The van der Waals surface area contributed by atoms with Crippen LogP contribution in [0.15, 0.2) is 30.3 Å². The number of hydrogen-bond donors (Lipinski definition) is 2. The molecule has 0 aliphatic carbocycles. The number of ketones is 2. The van der Waals surface area contributed by atoms with Gasteiger partial charge in [-0.25, -0.2) is 4.79 Å². The quantitative estimate of drug-likeness (QED) is 0.316. The molecule has 80 valence electrons. The van der Waals surface area contributed by atoms with Crippen molar-refractivity contribution in [2.24, 2.45) is 0 Å². The molecule has 0 aromatic heterocycles. The third-order valence-corrected chi connectivity index (χ3v) is 1.77. The Hall–Kier alpha value is -0.374. The average molecular weight is 248 g/mol. The predicted octanol–water partition coefficient (Wildman–Crippen LogP) is -0.765. The summed E-state index contributed by atoms with van der Waals surface area (Å²) in [4.78, 5) is 32.4. The van der Waals surface area contributed by atoms with Crippen molar-refractivity contribution in [2.45, 2.75) is 6.10 Å². The van der Waals surface area contributed by atoms with E-state index in [0.29, 0.717) is 0 Å². The topological polar surface area (TPSA) is 91.7 Å². The van der Waals surface area contributed by atoms with E-state index in [2.05, 4.69) is 0 Å². The molecule has 0 heterocycles. The van der Waals surface area contributed by atoms with Crippen molar-refractivity contribution >= 4 is 68.9 Å². The van der Waals surface area contributed by atoms with Gasteiger partial charge in [-0.15, -0.1) is 0 Å². The van der Waals surface area contributed by atoms with Crippen molar-refractivity contribution in [2.75, 3.05) is 0 Å². The fourth-order valence-corrected chi connectivity index (χ4v) is 0.996. The van der Waals surface area contributed by atoms with Gasteiger partial charge in [0.2, 0.25) is 0 Å². The number of aliphatic carboxylic acids is 1. The standard InChI is InChI=1S/C10H8O5.K.H/c11-7(6-4-2-1-3-5-6)8(12)9(13)10(14)15;;/h1-5,8,12H,(H,14,15);;. The monoisotopic (exact) mass is 248 g/mol. The number of benzene rings is 1. The summed E-state index contributed by atoms with van der Waals surface area (Å²) >= 11 is 0. The molecule has 0 radical (unpaired) electrons. The summed E-state index contributed by atoms with van der Waals surface area (Å²) in [6.07, 6.45) is -2.13. The summed E-state index contributed by atoms with van der Waals surface area (Å²) in [5, 5.41) is 17.4. The Bertz CT molecular complexity index is 401. The summed E-state index contributed by atoms with van der Waals surface area (Å²) in [7, 11) is 0. The van der Waals surface area contributed by atoms with Gasteiger partial charge < -0.3 is 10.2 Å². The first-order valence-electron chi connectivity index (χ1n) is 4.08. The zero-order valence-electron chi connectivity index (χ0n) is 7.58. The Labute approximate surface area is 134 Å². The molecule has 6 heteroatoms. The fraction of sp³-hybridized carbons (Fsp3) is 0.100. The molecule has 1 unspecified atom stereocenters. The van der Waals surface area contributed by atoms with Crippen LogP contribution >= 0.6 is 0 Å². The van der Waals surface area contributed by atoms with Crippen molar-refractivity contribution < 1.29 is 24.6 Å². The molecule has 1 rings (SSSR count). The van der Waals surface area contributed by atoms with Crippen molar-refractivity contribution in [3.8, 4) is 0 Å². The first-order chi connectivity index (χ1) is 7.04. The molecular formula is C10H9KO5. The third-order valence-electron chi connectivity index (χ3n) is 1.77. The van der Waals surface area contributed by atoms with Crippen LogP contribution in [-0.4, -0.2) is 85.2 Å². The molecule has 0 spiro atoms. The minimum absolute atomic E-state index is 0. The molecule has 0 aliphatic rings. The van der Waals surface area contributed by atoms with Crippen LogP contribution in [0.3, 0.4) is 0 Å². The SMILES string of the molecule is O=C(O)C(=O)C(O)C(=O)c1ccccc1.[KH]. The summed E-state index contributed by atoms with van der Waals surface area (Å²) in [5.41, 5.74) is 0.0969. The van der Waals surface area contributed by atoms with E-state index in [-0.39, 0.29) is 56.9 Å². The summed E-state index contributed by atoms with van der Waals surface area (Å²) in [6, 6.07) is 7.53. The minimum atomic E-state index is -2.13. The van der Waals surface area contributed by atoms with E-state index >= 15 is 0 Å². The van der Waals surface area contributed by atoms with Gasteiger partial charge in [0.05, 0.1) is 0 Å². The van der Waals surface area contributed by atoms with Crippen LogP contribution in [0, 0.1) is 0 Å². The van der Waals surface area contributed by atoms with Crippen molar-refractivity contribution in [3.63, 3.8) is 0 Å². The summed E-state index contributed by atoms with van der Waals surface area (Å²) < 4.78 is 0. The second kappa shape index (κ2) is 7.05. The molecule has 16 heavy (non-hydrogen) atoms. The molecular weight excluding hydrogens is 239 g/mol. The van der Waals surface area contributed by atoms with Gasteiger partial charge in [-0.1, -0.05) is 30.3 Å². The van der Waals surface area contributed by atoms with Crippen LogP contribution in [0.5, 0.6) is 0 Å². The molecule has 0 saturated carbocycles. The summed E-state index contributed by atoms with van der Waals surface area (Å²) in [5.74, 6) is -4.27. The van der Waals surface area contributed by atoms with E-state index in [1.54, 1.807) is 18.2 Å². The van der Waals surface area contributed by atoms with Crippen molar-refractivity contribution in [3.05, 3.63) is 35.9 Å². The molecule has 0 aliphatic heterocycles. The number of Topliss-reactive ketones (excluding diaryl/α,β-unsaturated/α-hetero) is 2. The van der Waals surface area contributed by atoms with E-state index in [1.807, 2.05) is 0 Å². The number of carbonyl (C=O) groups excluding carboxylic acids is 2. The molecule has 5 nitrogen and oxygen atoms in total. The fourth-order valence-electron chi connectivity index (χ4n) is 0.996. The molecule has 0 bridgehead atoms. The van der Waals surface area contributed by atoms with Gasteiger partial charge in [0, 0.05) is 5.56 Å². The normalized spacial score (nSPS) is 11.1. The number of carboxylic acid groups (broad SMARTS) is 1. The van der Waals surface area contributed by atoms with Gasteiger partial charge >= 0.3 is 57.4 Å². The van der Waals surface area contributed by atoms with Crippen molar-refractivity contribution in [1.82, 2.24) is 0 Å². The Balaban J connectivity index is 0.00000225. The third kappa shape index (κ3) is 3.89. The zero-order chi connectivity index (χ0) is 11.4. The first-order valence-corrected chi connectivity index (χ1v) is 4.08. The summed E-state index contributed by atoms with van der Waals surface area (Å²) in [6.45, 7) is 0. The second-order valence-electron chi connectivity index (χ2n) is 2.80. The molecule has 0 saturated heterocycles. The second-order valence-corrected chi connectivity index (χ2v) is 2.80. The van der Waals surface area contributed by atoms with Gasteiger partial charge in [0.15, 0.2) is 11.9 Å². The number of carboxylic acids is 1. The van der Waals surface area contributed by atoms with Gasteiger partial charge in [0.25, 0.3) is 5.78 Å². The van der Waals surface area contributed by atoms with Crippen LogP contribution < -0.4 is 0 Å². The molecule has 1 aromatic rings. The van der Waals surface area contributed by atoms with Crippen LogP contribution in [0.4, 0.5) is 0 Å². The number of aliphatic hydroxyl groups is 1. The average Bonchev–Trinajstić information content (AvgIpc) is 2.27. The predicted molar refractivity (Wildman–Crippen MR) is 56.6 cm³/mol. The Morgan fingerprint density at radius 1 is 1.06 bits per heavy atom. The van der Waals surface area contributed by atoms with E-state index in [4.69, 9.17) is 10.2 Å². The molecule has 1 atom stereocenters. The van der Waals surface area contributed by atoms with Gasteiger partial charge in [-0.3, -0.25) is 9.59 Å². The number of hydrogen-bond acceptors (Lipinski definition) is 4. The maximum atomic E-state index is 11.4. The zero-order valence-corrected chi connectivity index (χ0v) is 7.58. The van der Waals surface area contributed by atoms with Crippen LogP contribution in [0.1, 0.15) is 10.4 Å². The van der Waals surface area contributed by atoms with E-state index in [1.165, 1.54) is 12.1 Å². The van der Waals surface area contributed by atoms with Gasteiger partial charge in [-0.05, 0) is 0 Å². The number of carbonyl (C=O) groups is 3. The Kier molecular flexibility index (Phi) is 6.89. The maximum absolute atomic E-state index is 11.4. The number of rotatable bonds is 4. The Morgan fingerprint density at radius 3 is 2.00 bits per heavy atom. The van der Waals surface area contributed by atoms with E-state index < -0.39 is 23.6 Å². The molecule has 0 fully saturated rings. The van der Waals surface area contributed by atoms with E-state index in [0.717, 1.165) is 0 Å². The van der Waals surface area contributed by atoms with Gasteiger partial charge in [0.1, 0.15) is 0 Å². The molecule has 1 aromatic carbocycles. The van der Waals surface area contributed by atoms with Crippen molar-refractivity contribution in [1.29, 1.82) is 0 Å². The van der Waals surface area contributed by atoms with Crippen LogP contribution in [-0.2, 0) is 9.59 Å². The van der Waals surface area contributed by atoms with E-state index in [9.17, 15) is 14.4 Å². The van der Waals surface area contributed by atoms with Gasteiger partial charge in [-0.2, -0.15) is 0 Å². The molecule has 2 N–H and O–H groups in total.